The molecule has 0 radical (unpaired) electrons. The van der Waals surface area contributed by atoms with Crippen molar-refractivity contribution in [3.8, 4) is 0 Å². The Morgan fingerprint density at radius 1 is 1.47 bits per heavy atom. The number of nitrogens with one attached hydrogen (secondary N) is 1. The monoisotopic (exact) mass is 253 g/mol. The summed E-state index contributed by atoms with van der Waals surface area (Å²) in [6.45, 7) is 8.92. The molecule has 2 unspecified atom stereocenters. The molecule has 1 aromatic rings. The number of aryl methyl sites for hydroxylation is 1. The highest BCUT2D eigenvalue weighted by atomic mass is 32.2. The van der Waals surface area contributed by atoms with E-state index in [4.69, 9.17) is 4.42 Å². The second-order valence-corrected chi connectivity index (χ2v) is 6.85. The average Bonchev–Trinajstić information content (AvgIpc) is 2.68. The molecule has 1 saturated heterocycles. The second-order valence-electron chi connectivity index (χ2n) is 5.70. The van der Waals surface area contributed by atoms with Gasteiger partial charge in [0.25, 0.3) is 0 Å². The zero-order chi connectivity index (χ0) is 12.5. The van der Waals surface area contributed by atoms with Gasteiger partial charge in [-0.2, -0.15) is 11.8 Å². The normalized spacial score (nSPS) is 25.8. The summed E-state index contributed by atoms with van der Waals surface area (Å²) in [4.78, 5) is 0. The Hall–Kier alpha value is -0.410. The van der Waals surface area contributed by atoms with Crippen LogP contribution >= 0.6 is 11.8 Å². The first-order valence-electron chi connectivity index (χ1n) is 6.39. The maximum atomic E-state index is 5.69. The van der Waals surface area contributed by atoms with E-state index in [1.54, 1.807) is 0 Å². The molecular formula is C14H23NOS. The van der Waals surface area contributed by atoms with Crippen LogP contribution in [0.15, 0.2) is 16.5 Å². The summed E-state index contributed by atoms with van der Waals surface area (Å²) in [5.41, 5.74) is 0.390. The lowest BCUT2D eigenvalue weighted by Crippen LogP contribution is -2.47. The van der Waals surface area contributed by atoms with E-state index in [0.717, 1.165) is 11.5 Å². The van der Waals surface area contributed by atoms with Crippen LogP contribution in [0, 0.1) is 12.3 Å². The van der Waals surface area contributed by atoms with Crippen molar-refractivity contribution in [3.63, 3.8) is 0 Å². The molecule has 2 rings (SSSR count). The summed E-state index contributed by atoms with van der Waals surface area (Å²) in [5.74, 6) is 4.54. The predicted molar refractivity (Wildman–Crippen MR) is 74.5 cm³/mol. The van der Waals surface area contributed by atoms with Crippen molar-refractivity contribution in [1.29, 1.82) is 0 Å². The molecule has 2 heterocycles. The van der Waals surface area contributed by atoms with Gasteiger partial charge in [-0.15, -0.1) is 0 Å². The van der Waals surface area contributed by atoms with Crippen LogP contribution in [-0.2, 0) is 0 Å². The smallest absolute Gasteiger partial charge is 0.120 e. The van der Waals surface area contributed by atoms with E-state index >= 15 is 0 Å². The van der Waals surface area contributed by atoms with Crippen molar-refractivity contribution in [3.05, 3.63) is 23.7 Å². The van der Waals surface area contributed by atoms with Gasteiger partial charge in [-0.25, -0.2) is 0 Å². The predicted octanol–water partition coefficient (Wildman–Crippen LogP) is 3.77. The minimum absolute atomic E-state index is 0.298. The molecule has 0 spiro atoms. The van der Waals surface area contributed by atoms with Gasteiger partial charge >= 0.3 is 0 Å². The first kappa shape index (κ1) is 13.0. The van der Waals surface area contributed by atoms with Crippen LogP contribution in [0.3, 0.4) is 0 Å². The van der Waals surface area contributed by atoms with Crippen LogP contribution in [0.2, 0.25) is 0 Å². The highest BCUT2D eigenvalue weighted by Crippen LogP contribution is 2.35. The Balaban J connectivity index is 2.00. The molecule has 1 fully saturated rings. The van der Waals surface area contributed by atoms with Crippen molar-refractivity contribution in [2.24, 2.45) is 5.41 Å². The molecule has 1 aliphatic heterocycles. The first-order chi connectivity index (χ1) is 7.99. The zero-order valence-electron chi connectivity index (χ0n) is 11.2. The first-order valence-corrected chi connectivity index (χ1v) is 7.54. The summed E-state index contributed by atoms with van der Waals surface area (Å²) in [6.07, 6.45) is 1.29. The molecular weight excluding hydrogens is 230 g/mol. The van der Waals surface area contributed by atoms with E-state index in [0.29, 0.717) is 17.5 Å². The molecule has 1 N–H and O–H groups in total. The average molecular weight is 253 g/mol. The maximum Gasteiger partial charge on any atom is 0.120 e. The third kappa shape index (κ3) is 3.08. The van der Waals surface area contributed by atoms with E-state index in [-0.39, 0.29) is 0 Å². The van der Waals surface area contributed by atoms with Crippen LogP contribution in [-0.4, -0.2) is 17.5 Å². The summed E-state index contributed by atoms with van der Waals surface area (Å²) in [6, 6.07) is 4.98. The zero-order valence-corrected chi connectivity index (χ0v) is 12.1. The van der Waals surface area contributed by atoms with E-state index < -0.39 is 0 Å². The van der Waals surface area contributed by atoms with Gasteiger partial charge in [-0.05, 0) is 43.6 Å². The Morgan fingerprint density at radius 2 is 2.24 bits per heavy atom. The minimum atomic E-state index is 0.298. The highest BCUT2D eigenvalue weighted by molar-refractivity contribution is 7.99. The standard InChI is InChI=1S/C14H23NOS/c1-10-5-6-12(16-10)11(2)15-13-9-17-8-7-14(13,3)4/h5-6,11,13,15H,7-9H2,1-4H3. The van der Waals surface area contributed by atoms with Crippen LogP contribution in [0.4, 0.5) is 0 Å². The SMILES string of the molecule is Cc1ccc(C(C)NC2CSCCC2(C)C)o1. The highest BCUT2D eigenvalue weighted by Gasteiger charge is 2.33. The minimum Gasteiger partial charge on any atom is -0.465 e. The molecule has 3 heteroatoms. The van der Waals surface area contributed by atoms with Crippen LogP contribution in [0.1, 0.15) is 44.8 Å². The van der Waals surface area contributed by atoms with E-state index in [1.165, 1.54) is 17.9 Å². The van der Waals surface area contributed by atoms with Crippen molar-refractivity contribution in [1.82, 2.24) is 5.32 Å². The number of hydrogen-bond donors (Lipinski definition) is 1. The molecule has 1 aliphatic rings. The van der Waals surface area contributed by atoms with Crippen molar-refractivity contribution >= 4 is 11.8 Å². The van der Waals surface area contributed by atoms with Crippen molar-refractivity contribution in [2.45, 2.75) is 46.2 Å². The van der Waals surface area contributed by atoms with Gasteiger partial charge in [-0.1, -0.05) is 13.8 Å². The topological polar surface area (TPSA) is 25.2 Å². The molecule has 96 valence electrons. The molecule has 2 atom stereocenters. The third-order valence-corrected chi connectivity index (χ3v) is 4.82. The summed E-state index contributed by atoms with van der Waals surface area (Å²) < 4.78 is 5.69. The van der Waals surface area contributed by atoms with E-state index in [2.05, 4.69) is 43.9 Å². The van der Waals surface area contributed by atoms with Gasteiger partial charge < -0.3 is 9.73 Å². The van der Waals surface area contributed by atoms with Crippen molar-refractivity contribution < 1.29 is 4.42 Å². The third-order valence-electron chi connectivity index (χ3n) is 3.76. The van der Waals surface area contributed by atoms with E-state index in [1.807, 2.05) is 13.0 Å². The number of thioether (sulfide) groups is 1. The molecule has 1 aromatic heterocycles. The molecule has 0 aromatic carbocycles. The molecule has 0 bridgehead atoms. The largest absolute Gasteiger partial charge is 0.465 e. The fourth-order valence-corrected chi connectivity index (χ4v) is 3.90. The molecule has 17 heavy (non-hydrogen) atoms. The second kappa shape index (κ2) is 5.07. The van der Waals surface area contributed by atoms with Gasteiger partial charge in [0, 0.05) is 11.8 Å². The van der Waals surface area contributed by atoms with Crippen LogP contribution in [0.5, 0.6) is 0 Å². The lowest BCUT2D eigenvalue weighted by atomic mass is 9.82. The Bertz CT molecular complexity index is 372. The van der Waals surface area contributed by atoms with Gasteiger partial charge in [-0.3, -0.25) is 0 Å². The Labute approximate surface area is 109 Å². The molecule has 2 nitrogen and oxygen atoms in total. The van der Waals surface area contributed by atoms with Crippen molar-refractivity contribution in [2.75, 3.05) is 11.5 Å². The lowest BCUT2D eigenvalue weighted by molar-refractivity contribution is 0.224. The Kier molecular flexibility index (Phi) is 3.88. The molecule has 0 amide bonds. The molecule has 0 aliphatic carbocycles. The number of rotatable bonds is 3. The van der Waals surface area contributed by atoms with Gasteiger partial charge in [0.05, 0.1) is 6.04 Å². The van der Waals surface area contributed by atoms with Crippen LogP contribution < -0.4 is 5.32 Å². The number of furan rings is 1. The fraction of sp³-hybridized carbons (Fsp3) is 0.714. The maximum absolute atomic E-state index is 5.69. The van der Waals surface area contributed by atoms with Gasteiger partial charge in [0.1, 0.15) is 11.5 Å². The van der Waals surface area contributed by atoms with Crippen LogP contribution in [0.25, 0.3) is 0 Å². The van der Waals surface area contributed by atoms with Gasteiger partial charge in [0.15, 0.2) is 0 Å². The Morgan fingerprint density at radius 3 is 2.82 bits per heavy atom. The summed E-state index contributed by atoms with van der Waals surface area (Å²) >= 11 is 2.05. The van der Waals surface area contributed by atoms with Gasteiger partial charge in [0.2, 0.25) is 0 Å². The summed E-state index contributed by atoms with van der Waals surface area (Å²) in [7, 11) is 0. The number of hydrogen-bond acceptors (Lipinski definition) is 3. The lowest BCUT2D eigenvalue weighted by Gasteiger charge is -2.40. The van der Waals surface area contributed by atoms with E-state index in [9.17, 15) is 0 Å². The molecule has 0 saturated carbocycles. The quantitative estimate of drug-likeness (QED) is 0.887. The summed E-state index contributed by atoms with van der Waals surface area (Å²) in [5, 5.41) is 3.72. The fourth-order valence-electron chi connectivity index (χ4n) is 2.28.